The molecule has 0 heterocycles. The number of hydrogen-bond acceptors (Lipinski definition) is 2. The van der Waals surface area contributed by atoms with Crippen molar-refractivity contribution in [3.63, 3.8) is 0 Å². The van der Waals surface area contributed by atoms with Crippen LogP contribution >= 0.6 is 0 Å². The maximum atomic E-state index is 13.2. The van der Waals surface area contributed by atoms with E-state index < -0.39 is 0 Å². The van der Waals surface area contributed by atoms with Crippen LogP contribution in [-0.4, -0.2) is 24.5 Å². The van der Waals surface area contributed by atoms with Gasteiger partial charge in [-0.15, -0.1) is 0 Å². The maximum Gasteiger partial charge on any atom is 0.123 e. The monoisotopic (exact) mass is 272 g/mol. The van der Waals surface area contributed by atoms with Crippen LogP contribution in [0.4, 0.5) is 10.1 Å². The lowest BCUT2D eigenvalue weighted by molar-refractivity contribution is 0.259. The number of benzene rings is 2. The Kier molecular flexibility index (Phi) is 5.13. The molecule has 0 fully saturated rings. The summed E-state index contributed by atoms with van der Waals surface area (Å²) in [6.45, 7) is 3.76. The smallest absolute Gasteiger partial charge is 0.123 e. The fourth-order valence-electron chi connectivity index (χ4n) is 2.06. The van der Waals surface area contributed by atoms with Crippen molar-refractivity contribution in [1.82, 2.24) is 4.90 Å². The number of para-hydroxylation sites is 1. The molecule has 0 aliphatic heterocycles. The van der Waals surface area contributed by atoms with E-state index in [0.717, 1.165) is 24.3 Å². The van der Waals surface area contributed by atoms with Crippen LogP contribution in [0.15, 0.2) is 54.6 Å². The zero-order chi connectivity index (χ0) is 14.4. The predicted molar refractivity (Wildman–Crippen MR) is 82.3 cm³/mol. The van der Waals surface area contributed by atoms with E-state index in [9.17, 15) is 4.39 Å². The molecule has 0 amide bonds. The second-order valence-corrected chi connectivity index (χ2v) is 5.14. The molecule has 2 aromatic carbocycles. The summed E-state index contributed by atoms with van der Waals surface area (Å²) in [7, 11) is 2.06. The number of rotatable bonds is 6. The fraction of sp³-hybridized carbons (Fsp3) is 0.294. The Labute approximate surface area is 120 Å². The summed E-state index contributed by atoms with van der Waals surface area (Å²) in [5.41, 5.74) is 2.12. The van der Waals surface area contributed by atoms with E-state index in [1.54, 1.807) is 12.1 Å². The SMILES string of the molecule is CC(CNc1ccccc1)N(C)Cc1cccc(F)c1. The van der Waals surface area contributed by atoms with E-state index in [4.69, 9.17) is 0 Å². The highest BCUT2D eigenvalue weighted by Gasteiger charge is 2.09. The zero-order valence-corrected chi connectivity index (χ0v) is 12.0. The summed E-state index contributed by atoms with van der Waals surface area (Å²) >= 11 is 0. The first-order chi connectivity index (χ1) is 9.65. The molecule has 3 heteroatoms. The van der Waals surface area contributed by atoms with Crippen molar-refractivity contribution >= 4 is 5.69 Å². The molecule has 0 saturated carbocycles. The molecule has 0 radical (unpaired) electrons. The molecule has 0 aliphatic carbocycles. The van der Waals surface area contributed by atoms with Crippen LogP contribution < -0.4 is 5.32 Å². The minimum Gasteiger partial charge on any atom is -0.383 e. The first-order valence-electron chi connectivity index (χ1n) is 6.89. The number of halogens is 1. The Bertz CT molecular complexity index is 528. The second-order valence-electron chi connectivity index (χ2n) is 5.14. The predicted octanol–water partition coefficient (Wildman–Crippen LogP) is 3.76. The van der Waals surface area contributed by atoms with Gasteiger partial charge in [0, 0.05) is 24.8 Å². The van der Waals surface area contributed by atoms with Gasteiger partial charge in [0.1, 0.15) is 5.82 Å². The van der Waals surface area contributed by atoms with Crippen molar-refractivity contribution in [3.8, 4) is 0 Å². The van der Waals surface area contributed by atoms with Gasteiger partial charge in [0.25, 0.3) is 0 Å². The number of hydrogen-bond donors (Lipinski definition) is 1. The van der Waals surface area contributed by atoms with Crippen molar-refractivity contribution in [2.45, 2.75) is 19.5 Å². The van der Waals surface area contributed by atoms with Crippen LogP contribution in [-0.2, 0) is 6.54 Å². The quantitative estimate of drug-likeness (QED) is 0.861. The van der Waals surface area contributed by atoms with Gasteiger partial charge >= 0.3 is 0 Å². The molecule has 2 aromatic rings. The Morgan fingerprint density at radius 1 is 1.10 bits per heavy atom. The molecule has 1 unspecified atom stereocenters. The van der Waals surface area contributed by atoms with Gasteiger partial charge < -0.3 is 5.32 Å². The molecule has 0 aromatic heterocycles. The Balaban J connectivity index is 1.84. The van der Waals surface area contributed by atoms with E-state index in [-0.39, 0.29) is 5.82 Å². The molecular weight excluding hydrogens is 251 g/mol. The van der Waals surface area contributed by atoms with Gasteiger partial charge in [-0.05, 0) is 43.8 Å². The standard InChI is InChI=1S/C17H21FN2/c1-14(12-19-17-9-4-3-5-10-17)20(2)13-15-7-6-8-16(18)11-15/h3-11,14,19H,12-13H2,1-2H3. The molecule has 0 saturated heterocycles. The number of nitrogens with zero attached hydrogens (tertiary/aromatic N) is 1. The molecule has 2 rings (SSSR count). The third-order valence-corrected chi connectivity index (χ3v) is 3.45. The van der Waals surface area contributed by atoms with E-state index in [1.165, 1.54) is 6.07 Å². The van der Waals surface area contributed by atoms with Crippen LogP contribution in [0.2, 0.25) is 0 Å². The number of likely N-dealkylation sites (N-methyl/N-ethyl adjacent to an activating group) is 1. The van der Waals surface area contributed by atoms with Crippen molar-refractivity contribution in [1.29, 1.82) is 0 Å². The van der Waals surface area contributed by atoms with Gasteiger partial charge in [-0.1, -0.05) is 30.3 Å². The van der Waals surface area contributed by atoms with E-state index in [1.807, 2.05) is 24.3 Å². The average molecular weight is 272 g/mol. The highest BCUT2D eigenvalue weighted by atomic mass is 19.1. The molecular formula is C17H21FN2. The topological polar surface area (TPSA) is 15.3 Å². The number of anilines is 1. The van der Waals surface area contributed by atoms with Crippen molar-refractivity contribution in [3.05, 3.63) is 66.0 Å². The Morgan fingerprint density at radius 2 is 1.85 bits per heavy atom. The lowest BCUT2D eigenvalue weighted by atomic mass is 10.2. The van der Waals surface area contributed by atoms with Gasteiger partial charge in [0.05, 0.1) is 0 Å². The zero-order valence-electron chi connectivity index (χ0n) is 12.0. The minimum atomic E-state index is -0.175. The molecule has 1 N–H and O–H groups in total. The summed E-state index contributed by atoms with van der Waals surface area (Å²) in [4.78, 5) is 2.21. The summed E-state index contributed by atoms with van der Waals surface area (Å²) in [5, 5.41) is 3.41. The third kappa shape index (κ3) is 4.35. The van der Waals surface area contributed by atoms with E-state index >= 15 is 0 Å². The first kappa shape index (κ1) is 14.5. The van der Waals surface area contributed by atoms with Crippen molar-refractivity contribution < 1.29 is 4.39 Å². The van der Waals surface area contributed by atoms with Crippen LogP contribution in [0, 0.1) is 5.82 Å². The third-order valence-electron chi connectivity index (χ3n) is 3.45. The number of nitrogens with one attached hydrogen (secondary N) is 1. The fourth-order valence-corrected chi connectivity index (χ4v) is 2.06. The van der Waals surface area contributed by atoms with E-state index in [2.05, 4.69) is 36.3 Å². The van der Waals surface area contributed by atoms with Gasteiger partial charge in [-0.25, -0.2) is 4.39 Å². The van der Waals surface area contributed by atoms with Crippen molar-refractivity contribution in [2.24, 2.45) is 0 Å². The molecule has 1 atom stereocenters. The summed E-state index contributed by atoms with van der Waals surface area (Å²) in [5.74, 6) is -0.175. The minimum absolute atomic E-state index is 0.175. The molecule has 106 valence electrons. The first-order valence-corrected chi connectivity index (χ1v) is 6.89. The molecule has 0 aliphatic rings. The molecule has 2 nitrogen and oxygen atoms in total. The summed E-state index contributed by atoms with van der Waals surface area (Å²) < 4.78 is 13.2. The largest absolute Gasteiger partial charge is 0.383 e. The second kappa shape index (κ2) is 7.06. The molecule has 0 bridgehead atoms. The Hall–Kier alpha value is -1.87. The van der Waals surface area contributed by atoms with Gasteiger partial charge in [0.15, 0.2) is 0 Å². The highest BCUT2D eigenvalue weighted by Crippen LogP contribution is 2.10. The van der Waals surface area contributed by atoms with Gasteiger partial charge in [-0.2, -0.15) is 0 Å². The van der Waals surface area contributed by atoms with Crippen LogP contribution in [0.1, 0.15) is 12.5 Å². The lowest BCUT2D eigenvalue weighted by Crippen LogP contribution is -2.34. The van der Waals surface area contributed by atoms with Crippen LogP contribution in [0.5, 0.6) is 0 Å². The lowest BCUT2D eigenvalue weighted by Gasteiger charge is -2.25. The molecule has 20 heavy (non-hydrogen) atoms. The van der Waals surface area contributed by atoms with Gasteiger partial charge in [-0.3, -0.25) is 4.90 Å². The molecule has 0 spiro atoms. The average Bonchev–Trinajstić information content (AvgIpc) is 2.46. The van der Waals surface area contributed by atoms with Crippen LogP contribution in [0.3, 0.4) is 0 Å². The maximum absolute atomic E-state index is 13.2. The van der Waals surface area contributed by atoms with E-state index in [0.29, 0.717) is 6.04 Å². The summed E-state index contributed by atoms with van der Waals surface area (Å²) in [6.07, 6.45) is 0. The van der Waals surface area contributed by atoms with Crippen molar-refractivity contribution in [2.75, 3.05) is 18.9 Å². The summed E-state index contributed by atoms with van der Waals surface area (Å²) in [6, 6.07) is 17.3. The van der Waals surface area contributed by atoms with Crippen LogP contribution in [0.25, 0.3) is 0 Å². The Morgan fingerprint density at radius 3 is 2.55 bits per heavy atom. The normalized spacial score (nSPS) is 12.4. The van der Waals surface area contributed by atoms with Gasteiger partial charge in [0.2, 0.25) is 0 Å². The highest BCUT2D eigenvalue weighted by molar-refractivity contribution is 5.42.